The number of rotatable bonds is 11. The third-order valence-corrected chi connectivity index (χ3v) is 3.25. The van der Waals surface area contributed by atoms with E-state index in [1.54, 1.807) is 0 Å². The van der Waals surface area contributed by atoms with Gasteiger partial charge in [0.2, 0.25) is 0 Å². The first-order valence-corrected chi connectivity index (χ1v) is 7.57. The normalized spacial score (nSPS) is 12.7. The Kier molecular flexibility index (Phi) is 12.2. The third kappa shape index (κ3) is 10.3. The molecule has 0 heterocycles. The van der Waals surface area contributed by atoms with Crippen molar-refractivity contribution in [2.75, 3.05) is 18.6 Å². The summed E-state index contributed by atoms with van der Waals surface area (Å²) in [7, 11) is 0. The lowest BCUT2D eigenvalue weighted by Crippen LogP contribution is -2.31. The fourth-order valence-corrected chi connectivity index (χ4v) is 2.34. The van der Waals surface area contributed by atoms with Crippen molar-refractivity contribution in [2.45, 2.75) is 51.5 Å². The second-order valence-corrected chi connectivity index (χ2v) is 4.94. The molecule has 0 fully saturated rings. The van der Waals surface area contributed by atoms with Crippen molar-refractivity contribution in [3.05, 3.63) is 12.7 Å². The molecule has 0 amide bonds. The van der Waals surface area contributed by atoms with Crippen molar-refractivity contribution in [3.63, 3.8) is 0 Å². The molecule has 0 bridgehead atoms. The van der Waals surface area contributed by atoms with Crippen LogP contribution >= 0.6 is 11.8 Å². The first-order valence-electron chi connectivity index (χ1n) is 6.18. The van der Waals surface area contributed by atoms with Gasteiger partial charge in [-0.25, -0.2) is 0 Å². The molecule has 1 nitrogen and oxygen atoms in total. The van der Waals surface area contributed by atoms with Crippen LogP contribution in [-0.4, -0.2) is 24.6 Å². The van der Waals surface area contributed by atoms with E-state index in [9.17, 15) is 0 Å². The van der Waals surface area contributed by atoms with Gasteiger partial charge in [0.15, 0.2) is 0 Å². The van der Waals surface area contributed by atoms with Crippen molar-refractivity contribution in [3.8, 4) is 0 Å². The first-order chi connectivity index (χ1) is 7.35. The highest BCUT2D eigenvalue weighted by molar-refractivity contribution is 7.98. The second-order valence-electron chi connectivity index (χ2n) is 4.03. The summed E-state index contributed by atoms with van der Waals surface area (Å²) in [6, 6.07) is 0.726. The zero-order valence-corrected chi connectivity index (χ0v) is 11.2. The highest BCUT2D eigenvalue weighted by Crippen LogP contribution is 2.09. The fourth-order valence-electron chi connectivity index (χ4n) is 1.65. The molecule has 0 spiro atoms. The van der Waals surface area contributed by atoms with Gasteiger partial charge in [-0.2, -0.15) is 11.8 Å². The van der Waals surface area contributed by atoms with Crippen LogP contribution in [0.3, 0.4) is 0 Å². The predicted molar refractivity (Wildman–Crippen MR) is 73.7 cm³/mol. The molecule has 0 rings (SSSR count). The van der Waals surface area contributed by atoms with E-state index in [1.807, 2.05) is 17.8 Å². The Morgan fingerprint density at radius 3 is 2.73 bits per heavy atom. The Hall–Kier alpha value is 0.0500. The molecule has 15 heavy (non-hydrogen) atoms. The molecule has 0 radical (unpaired) electrons. The van der Waals surface area contributed by atoms with E-state index >= 15 is 0 Å². The van der Waals surface area contributed by atoms with Gasteiger partial charge >= 0.3 is 0 Å². The molecule has 0 aliphatic carbocycles. The number of thioether (sulfide) groups is 1. The molecule has 0 aromatic heterocycles. The highest BCUT2D eigenvalue weighted by Gasteiger charge is 2.05. The van der Waals surface area contributed by atoms with E-state index < -0.39 is 0 Å². The summed E-state index contributed by atoms with van der Waals surface area (Å²) in [6.07, 6.45) is 12.0. The van der Waals surface area contributed by atoms with Crippen molar-refractivity contribution >= 4 is 11.8 Å². The van der Waals surface area contributed by atoms with Crippen LogP contribution in [0.4, 0.5) is 0 Å². The maximum absolute atomic E-state index is 3.75. The third-order valence-electron chi connectivity index (χ3n) is 2.51. The van der Waals surface area contributed by atoms with Gasteiger partial charge in [0.05, 0.1) is 0 Å². The minimum absolute atomic E-state index is 0.726. The average molecular weight is 229 g/mol. The van der Waals surface area contributed by atoms with Gasteiger partial charge < -0.3 is 5.32 Å². The molecule has 2 heteroatoms. The largest absolute Gasteiger partial charge is 0.313 e. The quantitative estimate of drug-likeness (QED) is 0.426. The average Bonchev–Trinajstić information content (AvgIpc) is 2.25. The van der Waals surface area contributed by atoms with Gasteiger partial charge in [-0.15, -0.1) is 6.58 Å². The summed E-state index contributed by atoms with van der Waals surface area (Å²) >= 11 is 1.95. The summed E-state index contributed by atoms with van der Waals surface area (Å²) in [4.78, 5) is 0. The second kappa shape index (κ2) is 12.1. The number of allylic oxidation sites excluding steroid dienone is 1. The van der Waals surface area contributed by atoms with Gasteiger partial charge in [-0.05, 0) is 38.5 Å². The Bertz CT molecular complexity index is 136. The molecule has 0 saturated heterocycles. The van der Waals surface area contributed by atoms with E-state index in [4.69, 9.17) is 0 Å². The van der Waals surface area contributed by atoms with E-state index in [0.717, 1.165) is 12.6 Å². The Labute approximate surface area is 100 Å². The van der Waals surface area contributed by atoms with Crippen LogP contribution in [0.15, 0.2) is 12.7 Å². The molecule has 0 aliphatic heterocycles. The summed E-state index contributed by atoms with van der Waals surface area (Å²) in [5.41, 5.74) is 0. The van der Waals surface area contributed by atoms with Gasteiger partial charge in [0, 0.05) is 11.8 Å². The number of hydrogen-bond donors (Lipinski definition) is 1. The highest BCUT2D eigenvalue weighted by atomic mass is 32.2. The lowest BCUT2D eigenvalue weighted by atomic mass is 10.1. The number of hydrogen-bond acceptors (Lipinski definition) is 2. The summed E-state index contributed by atoms with van der Waals surface area (Å²) in [6.45, 7) is 7.14. The van der Waals surface area contributed by atoms with Crippen LogP contribution in [0.25, 0.3) is 0 Å². The van der Waals surface area contributed by atoms with E-state index in [2.05, 4.69) is 25.1 Å². The molecular formula is C13H27NS. The fraction of sp³-hybridized carbons (Fsp3) is 0.846. The predicted octanol–water partition coefficient (Wildman–Crippen LogP) is 3.85. The SMILES string of the molecule is C=CCCCCCC(CSC)NCCC. The van der Waals surface area contributed by atoms with Crippen molar-refractivity contribution in [1.82, 2.24) is 5.32 Å². The first kappa shape index (κ1) is 15.0. The minimum Gasteiger partial charge on any atom is -0.313 e. The summed E-state index contributed by atoms with van der Waals surface area (Å²) in [5, 5.41) is 3.62. The molecule has 1 atom stereocenters. The van der Waals surface area contributed by atoms with Crippen molar-refractivity contribution in [2.24, 2.45) is 0 Å². The number of unbranched alkanes of at least 4 members (excludes halogenated alkanes) is 3. The maximum Gasteiger partial charge on any atom is 0.0158 e. The zero-order valence-electron chi connectivity index (χ0n) is 10.4. The summed E-state index contributed by atoms with van der Waals surface area (Å²) < 4.78 is 0. The van der Waals surface area contributed by atoms with Crippen LogP contribution in [0.5, 0.6) is 0 Å². The smallest absolute Gasteiger partial charge is 0.0158 e. The molecule has 0 saturated carbocycles. The molecule has 0 aromatic rings. The van der Waals surface area contributed by atoms with Crippen LogP contribution in [0, 0.1) is 0 Å². The van der Waals surface area contributed by atoms with Crippen LogP contribution < -0.4 is 5.32 Å². The van der Waals surface area contributed by atoms with Crippen molar-refractivity contribution in [1.29, 1.82) is 0 Å². The standard InChI is InChI=1S/C13H27NS/c1-4-6-7-8-9-10-13(12-15-3)14-11-5-2/h4,13-14H,1,5-12H2,2-3H3. The van der Waals surface area contributed by atoms with E-state index in [-0.39, 0.29) is 0 Å². The minimum atomic E-state index is 0.726. The molecule has 1 unspecified atom stereocenters. The Morgan fingerprint density at radius 2 is 2.13 bits per heavy atom. The lowest BCUT2D eigenvalue weighted by Gasteiger charge is -2.17. The Morgan fingerprint density at radius 1 is 1.33 bits per heavy atom. The van der Waals surface area contributed by atoms with Gasteiger partial charge in [0.1, 0.15) is 0 Å². The maximum atomic E-state index is 3.75. The topological polar surface area (TPSA) is 12.0 Å². The van der Waals surface area contributed by atoms with Gasteiger partial charge in [0.25, 0.3) is 0 Å². The van der Waals surface area contributed by atoms with Crippen molar-refractivity contribution < 1.29 is 0 Å². The summed E-state index contributed by atoms with van der Waals surface area (Å²) in [5.74, 6) is 1.25. The lowest BCUT2D eigenvalue weighted by molar-refractivity contribution is 0.491. The molecule has 0 aromatic carbocycles. The molecule has 90 valence electrons. The van der Waals surface area contributed by atoms with Crippen LogP contribution in [-0.2, 0) is 0 Å². The number of nitrogens with one attached hydrogen (secondary N) is 1. The van der Waals surface area contributed by atoms with Gasteiger partial charge in [-0.1, -0.05) is 25.8 Å². The zero-order chi connectivity index (χ0) is 11.4. The molecular weight excluding hydrogens is 202 g/mol. The monoisotopic (exact) mass is 229 g/mol. The van der Waals surface area contributed by atoms with Gasteiger partial charge in [-0.3, -0.25) is 0 Å². The van der Waals surface area contributed by atoms with E-state index in [1.165, 1.54) is 44.3 Å². The Balaban J connectivity index is 3.42. The molecule has 0 aliphatic rings. The van der Waals surface area contributed by atoms with Crippen LogP contribution in [0.2, 0.25) is 0 Å². The molecule has 1 N–H and O–H groups in total. The van der Waals surface area contributed by atoms with E-state index in [0.29, 0.717) is 0 Å². The van der Waals surface area contributed by atoms with Crippen LogP contribution in [0.1, 0.15) is 45.4 Å².